The molecule has 0 saturated carbocycles. The van der Waals surface area contributed by atoms with Gasteiger partial charge in [-0.05, 0) is 67.0 Å². The van der Waals surface area contributed by atoms with Crippen LogP contribution in [0.1, 0.15) is 36.5 Å². The van der Waals surface area contributed by atoms with Crippen LogP contribution >= 0.6 is 10.7 Å². The predicted octanol–water partition coefficient (Wildman–Crippen LogP) is 4.97. The van der Waals surface area contributed by atoms with E-state index in [-0.39, 0.29) is 17.9 Å². The lowest BCUT2D eigenvalue weighted by atomic mass is 9.85. The molecular formula is C23H23ClF3NO5S. The van der Waals surface area contributed by atoms with E-state index >= 15 is 0 Å². The third kappa shape index (κ3) is 5.34. The molecule has 6 nitrogen and oxygen atoms in total. The van der Waals surface area contributed by atoms with Gasteiger partial charge in [-0.3, -0.25) is 4.79 Å². The van der Waals surface area contributed by atoms with E-state index in [1.54, 1.807) is 6.20 Å². The molecule has 0 unspecified atom stereocenters. The lowest BCUT2D eigenvalue weighted by Gasteiger charge is -2.25. The van der Waals surface area contributed by atoms with Gasteiger partial charge in [-0.25, -0.2) is 8.42 Å². The van der Waals surface area contributed by atoms with Crippen LogP contribution in [-0.2, 0) is 13.8 Å². The Balaban J connectivity index is 1.60. The molecule has 1 aromatic rings. The molecule has 1 aromatic carbocycles. The zero-order valence-electron chi connectivity index (χ0n) is 18.3. The summed E-state index contributed by atoms with van der Waals surface area (Å²) in [6, 6.07) is 2.97. The van der Waals surface area contributed by atoms with Crippen LogP contribution in [0.2, 0.25) is 0 Å². The summed E-state index contributed by atoms with van der Waals surface area (Å²) in [7, 11) is 1.19. The highest BCUT2D eigenvalue weighted by molar-refractivity contribution is 8.13. The Kier molecular flexibility index (Phi) is 6.85. The third-order valence-electron chi connectivity index (χ3n) is 6.14. The van der Waals surface area contributed by atoms with Crippen LogP contribution < -0.4 is 4.74 Å². The van der Waals surface area contributed by atoms with Gasteiger partial charge in [0.1, 0.15) is 5.75 Å². The van der Waals surface area contributed by atoms with Crippen molar-refractivity contribution in [2.45, 2.75) is 43.4 Å². The molecule has 1 fully saturated rings. The van der Waals surface area contributed by atoms with Crippen molar-refractivity contribution in [1.82, 2.24) is 4.90 Å². The first kappa shape index (κ1) is 24.8. The van der Waals surface area contributed by atoms with E-state index in [1.807, 2.05) is 0 Å². The zero-order chi connectivity index (χ0) is 24.7. The SMILES string of the molecule is C[C@H](Oc1ccc(S(=O)(=O)Cl)cc1C(=O)N1C=C2CC=C(C3CCOCC3)C=C2C1)C(F)(F)F. The summed E-state index contributed by atoms with van der Waals surface area (Å²) in [6.45, 7) is 2.44. The standard InChI is InChI=1S/C23H23ClF3NO5S/c1-14(23(25,26)27)33-21-5-4-19(34(24,30)31)11-20(21)22(29)28-12-17-3-2-16(10-18(17)13-28)15-6-8-32-9-7-15/h2,4-5,10-12,14-15H,3,6-9,13H2,1H3/t14-/m0/s1. The number of amides is 1. The van der Waals surface area contributed by atoms with E-state index in [2.05, 4.69) is 12.2 Å². The Morgan fingerprint density at radius 3 is 2.59 bits per heavy atom. The van der Waals surface area contributed by atoms with Crippen molar-refractivity contribution in [2.24, 2.45) is 5.92 Å². The Morgan fingerprint density at radius 2 is 1.94 bits per heavy atom. The summed E-state index contributed by atoms with van der Waals surface area (Å²) >= 11 is 0. The van der Waals surface area contributed by atoms with Crippen molar-refractivity contribution in [1.29, 1.82) is 0 Å². The fourth-order valence-corrected chi connectivity index (χ4v) is 4.98. The monoisotopic (exact) mass is 517 g/mol. The summed E-state index contributed by atoms with van der Waals surface area (Å²) in [5.74, 6) is -0.661. The van der Waals surface area contributed by atoms with Crippen LogP contribution in [0.4, 0.5) is 13.2 Å². The van der Waals surface area contributed by atoms with Crippen LogP contribution in [0, 0.1) is 5.92 Å². The van der Waals surface area contributed by atoms with Crippen molar-refractivity contribution in [2.75, 3.05) is 19.8 Å². The zero-order valence-corrected chi connectivity index (χ0v) is 19.8. The van der Waals surface area contributed by atoms with Crippen molar-refractivity contribution >= 4 is 25.6 Å². The highest BCUT2D eigenvalue weighted by atomic mass is 35.7. The molecule has 2 aliphatic heterocycles. The largest absolute Gasteiger partial charge is 0.480 e. The summed E-state index contributed by atoms with van der Waals surface area (Å²) in [6.07, 6.45) is 1.44. The quantitative estimate of drug-likeness (QED) is 0.516. The summed E-state index contributed by atoms with van der Waals surface area (Å²) in [5.41, 5.74) is 2.76. The van der Waals surface area contributed by atoms with Crippen molar-refractivity contribution in [3.8, 4) is 5.75 Å². The second-order valence-corrected chi connectivity index (χ2v) is 11.0. The highest BCUT2D eigenvalue weighted by Gasteiger charge is 2.39. The maximum absolute atomic E-state index is 13.3. The predicted molar refractivity (Wildman–Crippen MR) is 119 cm³/mol. The van der Waals surface area contributed by atoms with E-state index < -0.39 is 32.1 Å². The normalized spacial score (nSPS) is 20.3. The van der Waals surface area contributed by atoms with Crippen LogP contribution in [0.5, 0.6) is 5.75 Å². The molecule has 4 rings (SSSR count). The van der Waals surface area contributed by atoms with Crippen LogP contribution in [-0.4, -0.2) is 51.3 Å². The molecule has 0 spiro atoms. The fraction of sp³-hybridized carbons (Fsp3) is 0.435. The second kappa shape index (κ2) is 9.39. The molecule has 3 aliphatic rings. The first-order valence-corrected chi connectivity index (χ1v) is 13.1. The van der Waals surface area contributed by atoms with Gasteiger partial charge in [-0.2, -0.15) is 13.2 Å². The van der Waals surface area contributed by atoms with E-state index in [0.717, 1.165) is 49.1 Å². The molecule has 2 heterocycles. The lowest BCUT2D eigenvalue weighted by Crippen LogP contribution is -2.32. The van der Waals surface area contributed by atoms with E-state index in [0.29, 0.717) is 25.6 Å². The number of carbonyl (C=O) groups is 1. The Morgan fingerprint density at radius 1 is 1.24 bits per heavy atom. The molecular weight excluding hydrogens is 495 g/mol. The van der Waals surface area contributed by atoms with Crippen molar-refractivity contribution < 1.29 is 35.9 Å². The molecule has 1 atom stereocenters. The van der Waals surface area contributed by atoms with Gasteiger partial charge in [0.15, 0.2) is 6.10 Å². The number of alkyl halides is 3. The molecule has 1 aliphatic carbocycles. The number of halogens is 4. The minimum absolute atomic E-state index is 0.223. The van der Waals surface area contributed by atoms with E-state index in [4.69, 9.17) is 20.2 Å². The van der Waals surface area contributed by atoms with Crippen molar-refractivity contribution in [3.05, 3.63) is 58.8 Å². The van der Waals surface area contributed by atoms with Gasteiger partial charge >= 0.3 is 6.18 Å². The van der Waals surface area contributed by atoms with Gasteiger partial charge in [-0.15, -0.1) is 0 Å². The Bertz CT molecular complexity index is 1180. The number of allylic oxidation sites excluding steroid dienone is 3. The number of nitrogens with zero attached hydrogens (tertiary/aromatic N) is 1. The fourth-order valence-electron chi connectivity index (χ4n) is 4.20. The number of rotatable bonds is 5. The van der Waals surface area contributed by atoms with Gasteiger partial charge in [0, 0.05) is 30.1 Å². The summed E-state index contributed by atoms with van der Waals surface area (Å²) < 4.78 is 73.2. The first-order chi connectivity index (χ1) is 15.9. The van der Waals surface area contributed by atoms with Crippen LogP contribution in [0.15, 0.2) is 58.2 Å². The van der Waals surface area contributed by atoms with Gasteiger partial charge in [0.05, 0.1) is 17.0 Å². The molecule has 0 radical (unpaired) electrons. The average molecular weight is 518 g/mol. The topological polar surface area (TPSA) is 72.9 Å². The average Bonchev–Trinajstić information content (AvgIpc) is 3.21. The first-order valence-electron chi connectivity index (χ1n) is 10.8. The number of fused-ring (bicyclic) bond motifs is 1. The maximum atomic E-state index is 13.3. The third-order valence-corrected chi connectivity index (χ3v) is 7.50. The van der Waals surface area contributed by atoms with Gasteiger partial charge in [0.25, 0.3) is 15.0 Å². The number of hydrogen-bond donors (Lipinski definition) is 0. The number of carbonyl (C=O) groups excluding carboxylic acids is 1. The maximum Gasteiger partial charge on any atom is 0.425 e. The second-order valence-electron chi connectivity index (χ2n) is 8.45. The molecule has 1 amide bonds. The minimum atomic E-state index is -4.67. The lowest BCUT2D eigenvalue weighted by molar-refractivity contribution is -0.189. The van der Waals surface area contributed by atoms with Gasteiger partial charge in [-0.1, -0.05) is 12.2 Å². The number of hydrogen-bond acceptors (Lipinski definition) is 5. The highest BCUT2D eigenvalue weighted by Crippen LogP contribution is 2.37. The smallest absolute Gasteiger partial charge is 0.425 e. The Hall–Kier alpha value is -2.30. The van der Waals surface area contributed by atoms with Crippen LogP contribution in [0.25, 0.3) is 0 Å². The molecule has 0 N–H and O–H groups in total. The molecule has 34 heavy (non-hydrogen) atoms. The summed E-state index contributed by atoms with van der Waals surface area (Å²) in [4.78, 5) is 14.3. The van der Waals surface area contributed by atoms with Gasteiger partial charge < -0.3 is 14.4 Å². The number of ether oxygens (including phenoxy) is 2. The molecule has 0 aromatic heterocycles. The Labute approximate surface area is 200 Å². The van der Waals surface area contributed by atoms with Crippen molar-refractivity contribution in [3.63, 3.8) is 0 Å². The molecule has 0 bridgehead atoms. The van der Waals surface area contributed by atoms with E-state index in [9.17, 15) is 26.4 Å². The van der Waals surface area contributed by atoms with Gasteiger partial charge in [0.2, 0.25) is 0 Å². The molecule has 184 valence electrons. The molecule has 11 heteroatoms. The molecule has 1 saturated heterocycles. The summed E-state index contributed by atoms with van der Waals surface area (Å²) in [5, 5.41) is 0. The number of benzene rings is 1. The minimum Gasteiger partial charge on any atom is -0.480 e. The van der Waals surface area contributed by atoms with E-state index in [1.165, 1.54) is 10.5 Å². The van der Waals surface area contributed by atoms with Crippen LogP contribution in [0.3, 0.4) is 0 Å².